The Morgan fingerprint density at radius 2 is 0.620 bits per heavy atom. The van der Waals surface area contributed by atoms with Crippen LogP contribution in [-0.4, -0.2) is 205 Å². The maximum Gasteiger partial charge on any atom is 0.472 e. The molecule has 18 atom stereocenters. The lowest BCUT2D eigenvalue weighted by molar-refractivity contribution is -0.360. The van der Waals surface area contributed by atoms with E-state index in [1.165, 1.54) is 173 Å². The normalized spacial score (nSPS) is 24.7. The van der Waals surface area contributed by atoms with Gasteiger partial charge in [0.1, 0.15) is 92.6 Å². The number of rotatable bonds is 80. The van der Waals surface area contributed by atoms with Gasteiger partial charge in [0, 0.05) is 25.7 Å². The zero-order valence-corrected chi connectivity index (χ0v) is 76.7. The first-order valence-electron chi connectivity index (χ1n) is 49.1. The van der Waals surface area contributed by atoms with Crippen LogP contribution >= 0.6 is 7.82 Å². The molecular weight excluding hydrogens is 1570 g/mol. The number of hydrogen-bond donors (Lipinski definition) is 10. The number of ether oxygens (including phenoxy) is 8. The van der Waals surface area contributed by atoms with Gasteiger partial charge in [-0.25, -0.2) is 4.57 Å². The molecule has 1 aliphatic carbocycles. The molecule has 10 N–H and O–H groups in total. The molecule has 0 aromatic rings. The first-order chi connectivity index (χ1) is 58.7. The molecule has 1 saturated carbocycles. The molecule has 2 saturated heterocycles. The molecule has 0 spiro atoms. The highest BCUT2D eigenvalue weighted by Crippen LogP contribution is 2.49. The predicted octanol–water partition coefficient (Wildman–Crippen LogP) is 18.9. The van der Waals surface area contributed by atoms with Crippen LogP contribution in [0.25, 0.3) is 0 Å². The molecular formula is C95H175O25P. The fourth-order valence-corrected chi connectivity index (χ4v) is 17.1. The Kier molecular flexibility index (Phi) is 68.4. The highest BCUT2D eigenvalue weighted by atomic mass is 31.2. The highest BCUT2D eigenvalue weighted by molar-refractivity contribution is 7.47. The van der Waals surface area contributed by atoms with Gasteiger partial charge in [0.15, 0.2) is 24.8 Å². The molecule has 0 aromatic heterocycles. The standard InChI is InChI=1S/C95H175O25P/c1-5-9-13-17-21-25-29-33-37-41-44-48-52-56-60-64-68-79(98)112-74-77-83(102)85(104)89(108)95(116-77)119-92-90(117-81(100)70-66-62-58-54-50-46-42-38-34-30-26-22-18-14-10-6-2)86(105)87(106)91(118-94-88(107)84(103)82(101)76(71-96)115-94)93(92)120-121(109,110)113-73-75(114-80(99)69-65-61-57-53-49-45-40-36-32-28-24-20-16-12-8-4)72-111-78(97)67-63-59-55-51-47-43-39-35-31-27-23-19-15-11-7-3/h27-28,31-32,75-77,82-96,101-108H,5-26,29-30,33-74H2,1-4H3,(H,109,110)/b31-27-,32-28-. The Morgan fingerprint density at radius 3 is 0.992 bits per heavy atom. The number of carbonyl (C=O) groups is 4. The van der Waals surface area contributed by atoms with Crippen LogP contribution in [0.4, 0.5) is 0 Å². The molecule has 2 heterocycles. The quantitative estimate of drug-likeness (QED) is 0.00889. The summed E-state index contributed by atoms with van der Waals surface area (Å²) in [5, 5.41) is 102. The summed E-state index contributed by atoms with van der Waals surface area (Å²) >= 11 is 0. The van der Waals surface area contributed by atoms with Crippen molar-refractivity contribution in [1.82, 2.24) is 0 Å². The maximum absolute atomic E-state index is 14.9. The predicted molar refractivity (Wildman–Crippen MR) is 472 cm³/mol. The summed E-state index contributed by atoms with van der Waals surface area (Å²) in [6.45, 7) is 5.61. The molecule has 3 rings (SSSR count). The van der Waals surface area contributed by atoms with E-state index in [0.717, 1.165) is 161 Å². The van der Waals surface area contributed by atoms with Crippen LogP contribution in [-0.2, 0) is 70.7 Å². The van der Waals surface area contributed by atoms with E-state index in [-0.39, 0.29) is 25.7 Å². The molecule has 3 fully saturated rings. The van der Waals surface area contributed by atoms with Crippen molar-refractivity contribution in [2.45, 2.75) is 530 Å². The molecule has 121 heavy (non-hydrogen) atoms. The van der Waals surface area contributed by atoms with Gasteiger partial charge in [-0.05, 0) is 77.0 Å². The zero-order chi connectivity index (χ0) is 88.2. The minimum atomic E-state index is -5.81. The van der Waals surface area contributed by atoms with Crippen molar-refractivity contribution >= 4 is 31.7 Å². The van der Waals surface area contributed by atoms with Gasteiger partial charge in [0.2, 0.25) is 0 Å². The van der Waals surface area contributed by atoms with Crippen LogP contribution in [0.2, 0.25) is 0 Å². The fraction of sp³-hybridized carbons (Fsp3) is 0.916. The Labute approximate surface area is 730 Å². The number of carbonyl (C=O) groups excluding carboxylic acids is 4. The summed E-state index contributed by atoms with van der Waals surface area (Å²) in [6.07, 6.45) is 35.6. The average molecular weight is 1750 g/mol. The molecule has 0 radical (unpaired) electrons. The maximum atomic E-state index is 14.9. The van der Waals surface area contributed by atoms with Crippen molar-refractivity contribution in [3.05, 3.63) is 24.3 Å². The third-order valence-corrected chi connectivity index (χ3v) is 24.9. The SMILES string of the molecule is CCCCCC/C=C\CCCCCCCCCC(=O)OCC(COP(=O)(O)OC1C(OC2OC(CO)C(O)C(O)C2O)C(O)C(O)C(OC(=O)CCCCCCCCCCCCCCCCCC)C1OC1OC(COC(=O)CCCCCCCCCCCCCCCCCC)C(O)C(O)C1O)OC(=O)CCCCCCCCC/C=C\CCCCCC. The number of allylic oxidation sites excluding steroid dienone is 4. The summed E-state index contributed by atoms with van der Waals surface area (Å²) < 4.78 is 73.6. The van der Waals surface area contributed by atoms with Crippen LogP contribution < -0.4 is 0 Å². The van der Waals surface area contributed by atoms with Crippen molar-refractivity contribution in [3.63, 3.8) is 0 Å². The van der Waals surface area contributed by atoms with Gasteiger partial charge in [-0.3, -0.25) is 28.2 Å². The summed E-state index contributed by atoms with van der Waals surface area (Å²) in [5.74, 6) is -2.96. The molecule has 3 aliphatic rings. The van der Waals surface area contributed by atoms with Crippen molar-refractivity contribution in [2.24, 2.45) is 0 Å². The van der Waals surface area contributed by atoms with Crippen molar-refractivity contribution in [2.75, 3.05) is 26.4 Å². The second-order valence-corrected chi connectivity index (χ2v) is 36.3. The van der Waals surface area contributed by atoms with Gasteiger partial charge < -0.3 is 88.7 Å². The Bertz CT molecular complexity index is 2600. The Balaban J connectivity index is 1.90. The van der Waals surface area contributed by atoms with E-state index in [4.69, 9.17) is 46.9 Å². The van der Waals surface area contributed by atoms with E-state index in [9.17, 15) is 74.6 Å². The van der Waals surface area contributed by atoms with E-state index >= 15 is 0 Å². The van der Waals surface area contributed by atoms with Gasteiger partial charge in [0.25, 0.3) is 0 Å². The number of esters is 4. The van der Waals surface area contributed by atoms with Crippen LogP contribution in [0.1, 0.15) is 426 Å². The van der Waals surface area contributed by atoms with Crippen molar-refractivity contribution in [3.8, 4) is 0 Å². The van der Waals surface area contributed by atoms with Gasteiger partial charge in [-0.2, -0.15) is 0 Å². The average Bonchev–Trinajstić information content (AvgIpc) is 0.754. The molecule has 18 unspecified atom stereocenters. The minimum Gasteiger partial charge on any atom is -0.463 e. The second kappa shape index (κ2) is 73.8. The summed E-state index contributed by atoms with van der Waals surface area (Å²) in [6, 6.07) is 0. The fourth-order valence-electron chi connectivity index (χ4n) is 16.1. The molecule has 2 aliphatic heterocycles. The number of hydrogen-bond acceptors (Lipinski definition) is 24. The van der Waals surface area contributed by atoms with Crippen LogP contribution in [0.3, 0.4) is 0 Å². The number of phosphoric acid groups is 1. The van der Waals surface area contributed by atoms with E-state index in [0.29, 0.717) is 38.5 Å². The first kappa shape index (κ1) is 112. The third-order valence-electron chi connectivity index (χ3n) is 23.9. The lowest BCUT2D eigenvalue weighted by atomic mass is 9.84. The zero-order valence-electron chi connectivity index (χ0n) is 75.8. The third kappa shape index (κ3) is 53.5. The van der Waals surface area contributed by atoms with Crippen molar-refractivity contribution in [1.29, 1.82) is 0 Å². The molecule has 710 valence electrons. The molecule has 0 bridgehead atoms. The molecule has 25 nitrogen and oxygen atoms in total. The van der Waals surface area contributed by atoms with E-state index < -0.39 is 162 Å². The lowest BCUT2D eigenvalue weighted by Crippen LogP contribution is -2.70. The number of aliphatic hydroxyl groups excluding tert-OH is 9. The van der Waals surface area contributed by atoms with Gasteiger partial charge >= 0.3 is 31.7 Å². The number of unbranched alkanes of at least 4 members (excludes halogenated alkanes) is 52. The van der Waals surface area contributed by atoms with Crippen LogP contribution in [0, 0.1) is 0 Å². The molecule has 0 aromatic carbocycles. The van der Waals surface area contributed by atoms with Gasteiger partial charge in [-0.15, -0.1) is 0 Å². The molecule has 0 amide bonds. The number of aliphatic hydroxyl groups is 9. The van der Waals surface area contributed by atoms with Gasteiger partial charge in [-0.1, -0.05) is 347 Å². The smallest absolute Gasteiger partial charge is 0.463 e. The highest BCUT2D eigenvalue weighted by Gasteiger charge is 2.60. The van der Waals surface area contributed by atoms with Gasteiger partial charge in [0.05, 0.1) is 13.2 Å². The molecule has 26 heteroatoms. The van der Waals surface area contributed by atoms with Crippen molar-refractivity contribution < 1.29 is 122 Å². The van der Waals surface area contributed by atoms with E-state index in [1.807, 2.05) is 0 Å². The summed E-state index contributed by atoms with van der Waals surface area (Å²) in [4.78, 5) is 66.6. The topological polar surface area (TPSA) is 380 Å². The van der Waals surface area contributed by atoms with Crippen LogP contribution in [0.15, 0.2) is 24.3 Å². The Hall–Kier alpha value is -3.05. The Morgan fingerprint density at radius 1 is 0.322 bits per heavy atom. The summed E-state index contributed by atoms with van der Waals surface area (Å²) in [7, 11) is -5.81. The van der Waals surface area contributed by atoms with E-state index in [2.05, 4.69) is 52.0 Å². The monoisotopic (exact) mass is 1750 g/mol. The number of phosphoric ester groups is 1. The largest absolute Gasteiger partial charge is 0.472 e. The van der Waals surface area contributed by atoms with E-state index in [1.54, 1.807) is 0 Å². The minimum absolute atomic E-state index is 0.0180. The summed E-state index contributed by atoms with van der Waals surface area (Å²) in [5.41, 5.74) is 0. The second-order valence-electron chi connectivity index (χ2n) is 34.9. The lowest BCUT2D eigenvalue weighted by Gasteiger charge is -2.50. The first-order valence-corrected chi connectivity index (χ1v) is 50.6. The van der Waals surface area contributed by atoms with Crippen LogP contribution in [0.5, 0.6) is 0 Å².